The Labute approximate surface area is 280 Å². The van der Waals surface area contributed by atoms with Gasteiger partial charge in [-0.05, 0) is 69.8 Å². The van der Waals surface area contributed by atoms with Gasteiger partial charge in [0.05, 0.1) is 20.0 Å². The second kappa shape index (κ2) is 13.6. The minimum absolute atomic E-state index is 0.663. The topological polar surface area (TPSA) is 60.9 Å². The number of anilines is 3. The monoisotopic (exact) mass is 627 g/mol. The van der Waals surface area contributed by atoms with Crippen LogP contribution in [-0.2, 0) is 0 Å². The van der Waals surface area contributed by atoms with E-state index >= 15 is 0 Å². The molecule has 48 heavy (non-hydrogen) atoms. The first-order valence-electron chi connectivity index (χ1n) is 15.8. The lowest BCUT2D eigenvalue weighted by Crippen LogP contribution is -2.55. The van der Waals surface area contributed by atoms with E-state index < -0.39 is 0 Å². The minimum atomic E-state index is 0.663. The average Bonchev–Trinajstić information content (AvgIpc) is 3.18. The van der Waals surface area contributed by atoms with Crippen LogP contribution in [0, 0.1) is 0 Å². The molecular weight excluding hydrogens is 594 g/mol. The molecule has 1 aliphatic rings. The van der Waals surface area contributed by atoms with Crippen molar-refractivity contribution in [3.8, 4) is 33.4 Å². The lowest BCUT2D eigenvalue weighted by Gasteiger charge is -2.45. The maximum absolute atomic E-state index is 11.1. The summed E-state index contributed by atoms with van der Waals surface area (Å²) in [6.45, 7) is 2.12. The molecule has 6 aromatic rings. The molecule has 1 aliphatic heterocycles. The van der Waals surface area contributed by atoms with Gasteiger partial charge in [0, 0.05) is 33.8 Å². The number of benzene rings is 6. The Bertz CT molecular complexity index is 1770. The van der Waals surface area contributed by atoms with Crippen LogP contribution in [0.4, 0.5) is 17.1 Å². The Morgan fingerprint density at radius 2 is 0.479 bits per heavy atom. The Morgan fingerprint density at radius 1 is 0.292 bits per heavy atom. The summed E-state index contributed by atoms with van der Waals surface area (Å²) in [6.07, 6.45) is 2.58. The Kier molecular flexibility index (Phi) is 8.62. The SMILES string of the molecule is O=Cc1ccc(-c2ccc(N3CN(c4ccc(-c5ccc(C=O)cc5)cc4)CN(c4ccc(-c5ccc(C=O)cc5)cc4)C3)cc2)cc1. The lowest BCUT2D eigenvalue weighted by atomic mass is 10.0. The number of carbonyl (C=O) groups is 3. The fourth-order valence-electron chi connectivity index (χ4n) is 6.10. The summed E-state index contributed by atoms with van der Waals surface area (Å²) in [7, 11) is 0. The van der Waals surface area contributed by atoms with E-state index in [2.05, 4.69) is 87.5 Å². The molecule has 1 saturated heterocycles. The lowest BCUT2D eigenvalue weighted by molar-refractivity contribution is 0.111. The van der Waals surface area contributed by atoms with Gasteiger partial charge in [0.1, 0.15) is 18.9 Å². The number of rotatable bonds is 9. The van der Waals surface area contributed by atoms with Crippen molar-refractivity contribution in [1.29, 1.82) is 0 Å². The van der Waals surface area contributed by atoms with Gasteiger partial charge >= 0.3 is 0 Å². The molecule has 0 atom stereocenters. The van der Waals surface area contributed by atoms with Crippen LogP contribution in [0.2, 0.25) is 0 Å². The van der Waals surface area contributed by atoms with Crippen molar-refractivity contribution in [1.82, 2.24) is 0 Å². The number of carbonyl (C=O) groups excluding carboxylic acids is 3. The number of nitrogens with zero attached hydrogens (tertiary/aromatic N) is 3. The van der Waals surface area contributed by atoms with Gasteiger partial charge in [-0.2, -0.15) is 0 Å². The van der Waals surface area contributed by atoms with E-state index in [9.17, 15) is 14.4 Å². The quantitative estimate of drug-likeness (QED) is 0.149. The van der Waals surface area contributed by atoms with Crippen LogP contribution in [0.15, 0.2) is 146 Å². The normalized spacial score (nSPS) is 12.9. The molecule has 0 N–H and O–H groups in total. The molecule has 0 unspecified atom stereocenters. The van der Waals surface area contributed by atoms with Crippen molar-refractivity contribution in [2.24, 2.45) is 0 Å². The van der Waals surface area contributed by atoms with Gasteiger partial charge < -0.3 is 14.7 Å². The van der Waals surface area contributed by atoms with E-state index in [1.807, 2.05) is 72.8 Å². The Hall–Kier alpha value is -6.27. The highest BCUT2D eigenvalue weighted by atomic mass is 16.1. The van der Waals surface area contributed by atoms with E-state index in [4.69, 9.17) is 0 Å². The third-order valence-corrected chi connectivity index (χ3v) is 8.86. The van der Waals surface area contributed by atoms with Crippen LogP contribution in [0.3, 0.4) is 0 Å². The first-order valence-corrected chi connectivity index (χ1v) is 15.8. The first-order chi connectivity index (χ1) is 23.6. The number of aldehydes is 3. The van der Waals surface area contributed by atoms with Crippen LogP contribution >= 0.6 is 0 Å². The minimum Gasteiger partial charge on any atom is -0.336 e. The molecule has 1 fully saturated rings. The molecule has 6 aromatic carbocycles. The van der Waals surface area contributed by atoms with Crippen LogP contribution in [0.1, 0.15) is 31.1 Å². The smallest absolute Gasteiger partial charge is 0.150 e. The molecule has 6 heteroatoms. The first kappa shape index (κ1) is 30.4. The summed E-state index contributed by atoms with van der Waals surface area (Å²) < 4.78 is 0. The Balaban J connectivity index is 1.16. The van der Waals surface area contributed by atoms with Crippen molar-refractivity contribution in [3.05, 3.63) is 162 Å². The highest BCUT2D eigenvalue weighted by Crippen LogP contribution is 2.31. The van der Waals surface area contributed by atoms with E-state index in [1.54, 1.807) is 0 Å². The van der Waals surface area contributed by atoms with Gasteiger partial charge in [0.25, 0.3) is 0 Å². The van der Waals surface area contributed by atoms with E-state index in [0.717, 1.165) is 69.3 Å². The second-order valence-electron chi connectivity index (χ2n) is 11.9. The molecule has 0 amide bonds. The van der Waals surface area contributed by atoms with Crippen molar-refractivity contribution in [2.75, 3.05) is 34.7 Å². The third kappa shape index (κ3) is 6.50. The predicted octanol–water partition coefficient (Wildman–Crippen LogP) is 8.83. The number of hydrogen-bond donors (Lipinski definition) is 0. The molecule has 6 nitrogen and oxygen atoms in total. The zero-order valence-corrected chi connectivity index (χ0v) is 26.3. The highest BCUT2D eigenvalue weighted by Gasteiger charge is 2.25. The van der Waals surface area contributed by atoms with Gasteiger partial charge in [-0.15, -0.1) is 0 Å². The molecule has 0 aromatic heterocycles. The van der Waals surface area contributed by atoms with Gasteiger partial charge in [0.15, 0.2) is 0 Å². The third-order valence-electron chi connectivity index (χ3n) is 8.86. The van der Waals surface area contributed by atoms with Gasteiger partial charge in [-0.3, -0.25) is 14.4 Å². The molecule has 0 bridgehead atoms. The Morgan fingerprint density at radius 3 is 0.667 bits per heavy atom. The zero-order chi connectivity index (χ0) is 32.9. The van der Waals surface area contributed by atoms with Crippen LogP contribution in [0.25, 0.3) is 33.4 Å². The summed E-state index contributed by atoms with van der Waals surface area (Å²) in [6, 6.07) is 48.6. The largest absolute Gasteiger partial charge is 0.336 e. The average molecular weight is 628 g/mol. The molecule has 0 saturated carbocycles. The fourth-order valence-corrected chi connectivity index (χ4v) is 6.10. The van der Waals surface area contributed by atoms with Crippen molar-refractivity contribution < 1.29 is 14.4 Å². The van der Waals surface area contributed by atoms with Crippen LogP contribution < -0.4 is 14.7 Å². The highest BCUT2D eigenvalue weighted by molar-refractivity contribution is 5.79. The molecule has 234 valence electrons. The second-order valence-corrected chi connectivity index (χ2v) is 11.9. The van der Waals surface area contributed by atoms with Gasteiger partial charge in [0.2, 0.25) is 0 Å². The molecule has 7 rings (SSSR count). The maximum atomic E-state index is 11.1. The van der Waals surface area contributed by atoms with Gasteiger partial charge in [-0.25, -0.2) is 0 Å². The van der Waals surface area contributed by atoms with Crippen molar-refractivity contribution in [3.63, 3.8) is 0 Å². The maximum Gasteiger partial charge on any atom is 0.150 e. The summed E-state index contributed by atoms with van der Waals surface area (Å²) >= 11 is 0. The molecule has 0 radical (unpaired) electrons. The summed E-state index contributed by atoms with van der Waals surface area (Å²) in [5.41, 5.74) is 11.8. The number of hydrogen-bond acceptors (Lipinski definition) is 6. The summed E-state index contributed by atoms with van der Waals surface area (Å²) in [5.74, 6) is 0. The molecule has 0 aliphatic carbocycles. The standard InChI is InChI=1S/C42H33N3O3/c46-25-31-1-7-34(8-2-31)37-13-19-40(20-14-37)43-28-44(41-21-15-38(16-22-41)35-9-3-32(26-47)4-10-35)30-45(29-43)42-23-17-39(18-24-42)36-11-5-33(27-48)6-12-36/h1-27H,28-30H2. The molecule has 0 spiro atoms. The molecular formula is C42H33N3O3. The summed E-state index contributed by atoms with van der Waals surface area (Å²) in [4.78, 5) is 40.4. The fraction of sp³-hybridized carbons (Fsp3) is 0.0714. The van der Waals surface area contributed by atoms with E-state index in [0.29, 0.717) is 36.7 Å². The summed E-state index contributed by atoms with van der Waals surface area (Å²) in [5, 5.41) is 0. The predicted molar refractivity (Wildman–Crippen MR) is 194 cm³/mol. The van der Waals surface area contributed by atoms with E-state index in [1.165, 1.54) is 0 Å². The van der Waals surface area contributed by atoms with Crippen LogP contribution in [0.5, 0.6) is 0 Å². The van der Waals surface area contributed by atoms with Crippen molar-refractivity contribution >= 4 is 35.9 Å². The van der Waals surface area contributed by atoms with Crippen LogP contribution in [-0.4, -0.2) is 38.9 Å². The zero-order valence-electron chi connectivity index (χ0n) is 26.3. The molecule has 1 heterocycles. The van der Waals surface area contributed by atoms with E-state index in [-0.39, 0.29) is 0 Å². The van der Waals surface area contributed by atoms with Gasteiger partial charge in [-0.1, -0.05) is 109 Å². The van der Waals surface area contributed by atoms with Crippen molar-refractivity contribution in [2.45, 2.75) is 0 Å².